The molecule has 0 amide bonds. The van der Waals surface area contributed by atoms with Crippen LogP contribution < -0.4 is 10.1 Å². The first-order valence-electron chi connectivity index (χ1n) is 6.18. The van der Waals surface area contributed by atoms with Crippen LogP contribution in [0.1, 0.15) is 12.5 Å². The van der Waals surface area contributed by atoms with Crippen LogP contribution in [0.2, 0.25) is 0 Å². The van der Waals surface area contributed by atoms with E-state index in [0.29, 0.717) is 12.3 Å². The van der Waals surface area contributed by atoms with E-state index < -0.39 is 12.1 Å². The molecule has 2 rings (SSSR count). The molecule has 0 aliphatic rings. The highest BCUT2D eigenvalue weighted by Crippen LogP contribution is 2.28. The molecule has 0 saturated carbocycles. The summed E-state index contributed by atoms with van der Waals surface area (Å²) in [4.78, 5) is 10.9. The minimum Gasteiger partial charge on any atom is -0.479 e. The molecule has 2 N–H and O–H groups in total. The van der Waals surface area contributed by atoms with Gasteiger partial charge in [0.15, 0.2) is 6.10 Å². The maximum absolute atomic E-state index is 10.9. The number of fused-ring (bicyclic) bond motifs is 1. The van der Waals surface area contributed by atoms with E-state index in [1.807, 2.05) is 43.4 Å². The topological polar surface area (TPSA) is 58.6 Å². The molecule has 0 fully saturated rings. The summed E-state index contributed by atoms with van der Waals surface area (Å²) in [5, 5.41) is 14.2. The number of carboxylic acid groups (broad SMARTS) is 1. The molecule has 0 aromatic heterocycles. The van der Waals surface area contributed by atoms with Crippen LogP contribution in [0.25, 0.3) is 10.8 Å². The molecule has 19 heavy (non-hydrogen) atoms. The van der Waals surface area contributed by atoms with E-state index in [1.165, 1.54) is 6.92 Å². The minimum atomic E-state index is -0.969. The zero-order chi connectivity index (χ0) is 13.8. The molecule has 0 saturated heterocycles. The van der Waals surface area contributed by atoms with Gasteiger partial charge in [0.05, 0.1) is 0 Å². The second-order valence-corrected chi connectivity index (χ2v) is 4.39. The zero-order valence-corrected chi connectivity index (χ0v) is 11.0. The fraction of sp³-hybridized carbons (Fsp3) is 0.267. The molecule has 0 radical (unpaired) electrons. The molecule has 100 valence electrons. The number of benzene rings is 2. The van der Waals surface area contributed by atoms with Crippen LogP contribution in [-0.4, -0.2) is 24.2 Å². The highest BCUT2D eigenvalue weighted by molar-refractivity contribution is 5.88. The maximum Gasteiger partial charge on any atom is 0.344 e. The number of ether oxygens (including phenoxy) is 1. The Kier molecular flexibility index (Phi) is 4.02. The predicted octanol–water partition coefficient (Wildman–Crippen LogP) is 2.41. The highest BCUT2D eigenvalue weighted by Gasteiger charge is 2.16. The third-order valence-electron chi connectivity index (χ3n) is 3.00. The van der Waals surface area contributed by atoms with Crippen molar-refractivity contribution >= 4 is 16.7 Å². The van der Waals surface area contributed by atoms with Crippen molar-refractivity contribution in [2.75, 3.05) is 7.05 Å². The summed E-state index contributed by atoms with van der Waals surface area (Å²) < 4.78 is 5.53. The zero-order valence-electron chi connectivity index (χ0n) is 11.0. The van der Waals surface area contributed by atoms with Gasteiger partial charge >= 0.3 is 5.97 Å². The van der Waals surface area contributed by atoms with E-state index in [-0.39, 0.29) is 0 Å². The fourth-order valence-corrected chi connectivity index (χ4v) is 2.03. The number of hydrogen-bond acceptors (Lipinski definition) is 3. The Labute approximate surface area is 112 Å². The van der Waals surface area contributed by atoms with Crippen LogP contribution in [0.15, 0.2) is 36.4 Å². The Balaban J connectivity index is 2.48. The van der Waals surface area contributed by atoms with Gasteiger partial charge in [0.25, 0.3) is 0 Å². The van der Waals surface area contributed by atoms with Crippen molar-refractivity contribution < 1.29 is 14.6 Å². The van der Waals surface area contributed by atoms with Gasteiger partial charge in [0, 0.05) is 12.1 Å². The lowest BCUT2D eigenvalue weighted by atomic mass is 10.0. The Morgan fingerprint density at radius 1 is 1.32 bits per heavy atom. The van der Waals surface area contributed by atoms with Crippen LogP contribution in [0, 0.1) is 0 Å². The SMILES string of the molecule is CNCc1c(O[C@@H](C)C(=O)O)ccc2ccccc12. The number of hydrogen-bond donors (Lipinski definition) is 2. The molecule has 0 unspecified atom stereocenters. The maximum atomic E-state index is 10.9. The fourth-order valence-electron chi connectivity index (χ4n) is 2.03. The van der Waals surface area contributed by atoms with Crippen molar-refractivity contribution in [1.82, 2.24) is 5.32 Å². The standard InChI is InChI=1S/C15H17NO3/c1-10(15(17)18)19-14-8-7-11-5-3-4-6-12(11)13(14)9-16-2/h3-8,10,16H,9H2,1-2H3,(H,17,18)/t10-/m0/s1. The van der Waals surface area contributed by atoms with Gasteiger partial charge in [-0.2, -0.15) is 0 Å². The van der Waals surface area contributed by atoms with Crippen molar-refractivity contribution in [3.8, 4) is 5.75 Å². The Morgan fingerprint density at radius 2 is 2.05 bits per heavy atom. The van der Waals surface area contributed by atoms with E-state index in [4.69, 9.17) is 9.84 Å². The highest BCUT2D eigenvalue weighted by atomic mass is 16.5. The van der Waals surface area contributed by atoms with Crippen molar-refractivity contribution in [1.29, 1.82) is 0 Å². The van der Waals surface area contributed by atoms with Crippen LogP contribution >= 0.6 is 0 Å². The molecule has 0 aliphatic carbocycles. The molecular weight excluding hydrogens is 242 g/mol. The first kappa shape index (κ1) is 13.4. The van der Waals surface area contributed by atoms with Gasteiger partial charge in [-0.1, -0.05) is 30.3 Å². The second-order valence-electron chi connectivity index (χ2n) is 4.39. The van der Waals surface area contributed by atoms with Crippen LogP contribution in [0.5, 0.6) is 5.75 Å². The van der Waals surface area contributed by atoms with E-state index in [9.17, 15) is 4.79 Å². The average Bonchev–Trinajstić information content (AvgIpc) is 2.41. The predicted molar refractivity (Wildman–Crippen MR) is 74.4 cm³/mol. The van der Waals surface area contributed by atoms with Crippen molar-refractivity contribution in [2.24, 2.45) is 0 Å². The lowest BCUT2D eigenvalue weighted by Gasteiger charge is -2.16. The summed E-state index contributed by atoms with van der Waals surface area (Å²) in [7, 11) is 1.85. The normalized spacial score (nSPS) is 12.3. The number of rotatable bonds is 5. The van der Waals surface area contributed by atoms with E-state index >= 15 is 0 Å². The van der Waals surface area contributed by atoms with Gasteiger partial charge < -0.3 is 15.2 Å². The number of nitrogens with one attached hydrogen (secondary N) is 1. The van der Waals surface area contributed by atoms with Crippen LogP contribution in [-0.2, 0) is 11.3 Å². The summed E-state index contributed by atoms with van der Waals surface area (Å²) in [6.07, 6.45) is -0.864. The van der Waals surface area contributed by atoms with Crippen molar-refractivity contribution in [2.45, 2.75) is 19.6 Å². The van der Waals surface area contributed by atoms with E-state index in [0.717, 1.165) is 16.3 Å². The molecule has 4 nitrogen and oxygen atoms in total. The number of aliphatic carboxylic acids is 1. The molecule has 0 heterocycles. The molecular formula is C15H17NO3. The first-order valence-corrected chi connectivity index (χ1v) is 6.18. The van der Waals surface area contributed by atoms with Gasteiger partial charge in [0.2, 0.25) is 0 Å². The molecule has 4 heteroatoms. The summed E-state index contributed by atoms with van der Waals surface area (Å²) in [5.74, 6) is -0.355. The van der Waals surface area contributed by atoms with Gasteiger partial charge in [0.1, 0.15) is 5.75 Å². The molecule has 0 spiro atoms. The van der Waals surface area contributed by atoms with E-state index in [1.54, 1.807) is 0 Å². The third kappa shape index (κ3) is 2.85. The summed E-state index contributed by atoms with van der Waals surface area (Å²) in [5.41, 5.74) is 0.980. The lowest BCUT2D eigenvalue weighted by molar-refractivity contribution is -0.144. The van der Waals surface area contributed by atoms with Crippen molar-refractivity contribution in [3.63, 3.8) is 0 Å². The molecule has 0 aliphatic heterocycles. The Morgan fingerprint density at radius 3 is 2.74 bits per heavy atom. The largest absolute Gasteiger partial charge is 0.479 e. The van der Waals surface area contributed by atoms with Gasteiger partial charge in [-0.25, -0.2) is 4.79 Å². The molecule has 1 atom stereocenters. The van der Waals surface area contributed by atoms with Crippen LogP contribution in [0.4, 0.5) is 0 Å². The number of carbonyl (C=O) groups is 1. The van der Waals surface area contributed by atoms with Gasteiger partial charge in [-0.3, -0.25) is 0 Å². The quantitative estimate of drug-likeness (QED) is 0.865. The summed E-state index contributed by atoms with van der Waals surface area (Å²) >= 11 is 0. The van der Waals surface area contributed by atoms with E-state index in [2.05, 4.69) is 5.32 Å². The average molecular weight is 259 g/mol. The second kappa shape index (κ2) is 5.71. The third-order valence-corrected chi connectivity index (χ3v) is 3.00. The molecule has 2 aromatic rings. The van der Waals surface area contributed by atoms with Gasteiger partial charge in [-0.05, 0) is 30.8 Å². The summed E-state index contributed by atoms with van der Waals surface area (Å²) in [6, 6.07) is 11.8. The smallest absolute Gasteiger partial charge is 0.344 e. The van der Waals surface area contributed by atoms with Gasteiger partial charge in [-0.15, -0.1) is 0 Å². The monoisotopic (exact) mass is 259 g/mol. The Bertz CT molecular complexity index is 595. The van der Waals surface area contributed by atoms with Crippen LogP contribution in [0.3, 0.4) is 0 Å². The molecule has 2 aromatic carbocycles. The molecule has 0 bridgehead atoms. The van der Waals surface area contributed by atoms with Crippen molar-refractivity contribution in [3.05, 3.63) is 42.0 Å². The Hall–Kier alpha value is -2.07. The number of carboxylic acids is 1. The summed E-state index contributed by atoms with van der Waals surface area (Å²) in [6.45, 7) is 2.16. The minimum absolute atomic E-state index is 0.614. The first-order chi connectivity index (χ1) is 9.13. The lowest BCUT2D eigenvalue weighted by Crippen LogP contribution is -2.24.